The van der Waals surface area contributed by atoms with Gasteiger partial charge in [-0.15, -0.1) is 0 Å². The lowest BCUT2D eigenvalue weighted by atomic mass is 9.99. The monoisotopic (exact) mass is 239 g/mol. The molecule has 2 heterocycles. The summed E-state index contributed by atoms with van der Waals surface area (Å²) in [5.41, 5.74) is 0. The van der Waals surface area contributed by atoms with Crippen LogP contribution in [0.1, 0.15) is 25.7 Å². The molecule has 0 aromatic heterocycles. The van der Waals surface area contributed by atoms with Gasteiger partial charge in [0.2, 0.25) is 11.8 Å². The Labute approximate surface area is 102 Å². The van der Waals surface area contributed by atoms with Gasteiger partial charge >= 0.3 is 0 Å². The molecular weight excluding hydrogens is 218 g/mol. The summed E-state index contributed by atoms with van der Waals surface area (Å²) in [4.78, 5) is 25.0. The predicted octanol–water partition coefficient (Wildman–Crippen LogP) is -0.275. The molecule has 2 N–H and O–H groups in total. The van der Waals surface area contributed by atoms with Gasteiger partial charge in [0, 0.05) is 32.6 Å². The zero-order chi connectivity index (χ0) is 12.1. The maximum Gasteiger partial charge on any atom is 0.224 e. The fourth-order valence-electron chi connectivity index (χ4n) is 2.47. The van der Waals surface area contributed by atoms with Crippen LogP contribution in [-0.4, -0.2) is 49.4 Å². The minimum atomic E-state index is 0.109. The number of rotatable bonds is 4. The molecule has 0 bridgehead atoms. The van der Waals surface area contributed by atoms with E-state index in [2.05, 4.69) is 10.6 Å². The molecule has 0 radical (unpaired) electrons. The highest BCUT2D eigenvalue weighted by atomic mass is 16.2. The van der Waals surface area contributed by atoms with Crippen molar-refractivity contribution in [3.63, 3.8) is 0 Å². The number of nitrogens with zero attached hydrogens (tertiary/aromatic N) is 1. The largest absolute Gasteiger partial charge is 0.354 e. The Bertz CT molecular complexity index is 287. The Morgan fingerprint density at radius 2 is 2.35 bits per heavy atom. The Kier molecular flexibility index (Phi) is 4.36. The molecule has 2 saturated heterocycles. The van der Waals surface area contributed by atoms with Crippen molar-refractivity contribution in [2.24, 2.45) is 5.92 Å². The van der Waals surface area contributed by atoms with Crippen LogP contribution in [0.2, 0.25) is 0 Å². The maximum atomic E-state index is 11.8. The number of hydrogen-bond acceptors (Lipinski definition) is 3. The summed E-state index contributed by atoms with van der Waals surface area (Å²) in [6.45, 7) is 3.89. The highest BCUT2D eigenvalue weighted by Gasteiger charge is 2.22. The third-order valence-electron chi connectivity index (χ3n) is 3.52. The van der Waals surface area contributed by atoms with E-state index >= 15 is 0 Å². The average Bonchev–Trinajstić information content (AvgIpc) is 2.76. The van der Waals surface area contributed by atoms with Crippen molar-refractivity contribution >= 4 is 11.8 Å². The Morgan fingerprint density at radius 3 is 3.00 bits per heavy atom. The standard InChI is InChI=1S/C12H21N3O2/c16-11-4-2-7-15(11)8-6-14-12(17)10-3-1-5-13-9-10/h10,13H,1-9H2,(H,14,17). The second-order valence-corrected chi connectivity index (χ2v) is 4.82. The van der Waals surface area contributed by atoms with E-state index in [9.17, 15) is 9.59 Å². The van der Waals surface area contributed by atoms with Gasteiger partial charge in [0.15, 0.2) is 0 Å². The van der Waals surface area contributed by atoms with Gasteiger partial charge < -0.3 is 15.5 Å². The van der Waals surface area contributed by atoms with Crippen molar-refractivity contribution in [2.45, 2.75) is 25.7 Å². The van der Waals surface area contributed by atoms with Crippen LogP contribution in [0.25, 0.3) is 0 Å². The summed E-state index contributed by atoms with van der Waals surface area (Å²) in [7, 11) is 0. The molecule has 5 heteroatoms. The van der Waals surface area contributed by atoms with Crippen LogP contribution in [0.5, 0.6) is 0 Å². The molecule has 0 aromatic rings. The third-order valence-corrected chi connectivity index (χ3v) is 3.52. The van der Waals surface area contributed by atoms with Crippen LogP contribution < -0.4 is 10.6 Å². The third kappa shape index (κ3) is 3.43. The van der Waals surface area contributed by atoms with Crippen LogP contribution in [-0.2, 0) is 9.59 Å². The summed E-state index contributed by atoms with van der Waals surface area (Å²) >= 11 is 0. The van der Waals surface area contributed by atoms with Crippen LogP contribution in [0, 0.1) is 5.92 Å². The SMILES string of the molecule is O=C(NCCN1CCCC1=O)C1CCCNC1. The first kappa shape index (κ1) is 12.4. The lowest BCUT2D eigenvalue weighted by Crippen LogP contribution is -2.43. The molecule has 2 amide bonds. The zero-order valence-electron chi connectivity index (χ0n) is 10.2. The second-order valence-electron chi connectivity index (χ2n) is 4.82. The molecule has 96 valence electrons. The van der Waals surface area contributed by atoms with E-state index in [0.717, 1.165) is 38.9 Å². The van der Waals surface area contributed by atoms with E-state index in [4.69, 9.17) is 0 Å². The van der Waals surface area contributed by atoms with Gasteiger partial charge in [0.05, 0.1) is 5.92 Å². The minimum absolute atomic E-state index is 0.109. The van der Waals surface area contributed by atoms with Crippen LogP contribution in [0.4, 0.5) is 0 Å². The summed E-state index contributed by atoms with van der Waals surface area (Å²) in [6, 6.07) is 0. The van der Waals surface area contributed by atoms with Gasteiger partial charge in [0.25, 0.3) is 0 Å². The van der Waals surface area contributed by atoms with Crippen molar-refractivity contribution in [1.29, 1.82) is 0 Å². The molecular formula is C12H21N3O2. The molecule has 0 aromatic carbocycles. The molecule has 2 aliphatic heterocycles. The van der Waals surface area contributed by atoms with Crippen molar-refractivity contribution < 1.29 is 9.59 Å². The average molecular weight is 239 g/mol. The lowest BCUT2D eigenvalue weighted by molar-refractivity contribution is -0.129. The Balaban J connectivity index is 1.64. The normalized spacial score (nSPS) is 25.1. The fraction of sp³-hybridized carbons (Fsp3) is 0.833. The molecule has 0 spiro atoms. The molecule has 2 rings (SSSR count). The summed E-state index contributed by atoms with van der Waals surface area (Å²) in [5.74, 6) is 0.459. The van der Waals surface area contributed by atoms with Crippen molar-refractivity contribution in [3.8, 4) is 0 Å². The number of carbonyl (C=O) groups is 2. The molecule has 2 aliphatic rings. The molecule has 5 nitrogen and oxygen atoms in total. The summed E-state index contributed by atoms with van der Waals surface area (Å²) < 4.78 is 0. The summed E-state index contributed by atoms with van der Waals surface area (Å²) in [5, 5.41) is 6.16. The predicted molar refractivity (Wildman–Crippen MR) is 64.4 cm³/mol. The topological polar surface area (TPSA) is 61.4 Å². The first-order valence-electron chi connectivity index (χ1n) is 6.53. The van der Waals surface area contributed by atoms with E-state index in [1.54, 1.807) is 0 Å². The quantitative estimate of drug-likeness (QED) is 0.709. The van der Waals surface area contributed by atoms with Gasteiger partial charge in [-0.3, -0.25) is 9.59 Å². The van der Waals surface area contributed by atoms with E-state index in [1.807, 2.05) is 4.90 Å². The van der Waals surface area contributed by atoms with Gasteiger partial charge in [0.1, 0.15) is 0 Å². The van der Waals surface area contributed by atoms with Crippen LogP contribution in [0.15, 0.2) is 0 Å². The highest BCUT2D eigenvalue weighted by Crippen LogP contribution is 2.10. The molecule has 17 heavy (non-hydrogen) atoms. The molecule has 0 aliphatic carbocycles. The van der Waals surface area contributed by atoms with Crippen LogP contribution >= 0.6 is 0 Å². The van der Waals surface area contributed by atoms with Gasteiger partial charge in [-0.25, -0.2) is 0 Å². The maximum absolute atomic E-state index is 11.8. The Morgan fingerprint density at radius 1 is 1.47 bits per heavy atom. The highest BCUT2D eigenvalue weighted by molar-refractivity contribution is 5.79. The van der Waals surface area contributed by atoms with Crippen LogP contribution in [0.3, 0.4) is 0 Å². The van der Waals surface area contributed by atoms with E-state index in [0.29, 0.717) is 19.5 Å². The number of nitrogens with one attached hydrogen (secondary N) is 2. The lowest BCUT2D eigenvalue weighted by Gasteiger charge is -2.22. The molecule has 0 saturated carbocycles. The van der Waals surface area contributed by atoms with E-state index in [-0.39, 0.29) is 17.7 Å². The molecule has 1 unspecified atom stereocenters. The Hall–Kier alpha value is -1.10. The van der Waals surface area contributed by atoms with Gasteiger partial charge in [-0.2, -0.15) is 0 Å². The molecule has 2 fully saturated rings. The fourth-order valence-corrected chi connectivity index (χ4v) is 2.47. The molecule has 1 atom stereocenters. The minimum Gasteiger partial charge on any atom is -0.354 e. The summed E-state index contributed by atoms with van der Waals surface area (Å²) in [6.07, 6.45) is 3.67. The van der Waals surface area contributed by atoms with Gasteiger partial charge in [-0.1, -0.05) is 0 Å². The number of piperidine rings is 1. The van der Waals surface area contributed by atoms with Gasteiger partial charge in [-0.05, 0) is 25.8 Å². The van der Waals surface area contributed by atoms with Crippen molar-refractivity contribution in [1.82, 2.24) is 15.5 Å². The van der Waals surface area contributed by atoms with Crippen molar-refractivity contribution in [3.05, 3.63) is 0 Å². The number of amides is 2. The first-order chi connectivity index (χ1) is 8.27. The smallest absolute Gasteiger partial charge is 0.224 e. The number of likely N-dealkylation sites (tertiary alicyclic amines) is 1. The first-order valence-corrected chi connectivity index (χ1v) is 6.53. The second kappa shape index (κ2) is 6.00. The number of hydrogen-bond donors (Lipinski definition) is 2. The van der Waals surface area contributed by atoms with E-state index < -0.39 is 0 Å². The zero-order valence-corrected chi connectivity index (χ0v) is 10.2. The van der Waals surface area contributed by atoms with Crippen molar-refractivity contribution in [2.75, 3.05) is 32.7 Å². The number of carbonyl (C=O) groups excluding carboxylic acids is 2. The van der Waals surface area contributed by atoms with E-state index in [1.165, 1.54) is 0 Å².